The number of nitrogens with zero attached hydrogens (tertiary/aromatic N) is 3. The number of ether oxygens (including phenoxy) is 2. The van der Waals surface area contributed by atoms with Crippen molar-refractivity contribution in [2.45, 2.75) is 32.4 Å². The van der Waals surface area contributed by atoms with Gasteiger partial charge in [-0.3, -0.25) is 15.0 Å². The van der Waals surface area contributed by atoms with Crippen LogP contribution in [-0.4, -0.2) is 42.3 Å². The Labute approximate surface area is 182 Å². The number of hydrogen-bond acceptors (Lipinski definition) is 7. The van der Waals surface area contributed by atoms with Crippen LogP contribution in [0, 0.1) is 16.0 Å². The van der Waals surface area contributed by atoms with Crippen LogP contribution in [0.5, 0.6) is 11.5 Å². The zero-order chi connectivity index (χ0) is 21.8. The summed E-state index contributed by atoms with van der Waals surface area (Å²) < 4.78 is 11.1. The van der Waals surface area contributed by atoms with Gasteiger partial charge in [0.2, 0.25) is 5.75 Å². The molecule has 31 heavy (non-hydrogen) atoms. The summed E-state index contributed by atoms with van der Waals surface area (Å²) in [4.78, 5) is 13.8. The first kappa shape index (κ1) is 21.1. The maximum absolute atomic E-state index is 11.8. The van der Waals surface area contributed by atoms with E-state index in [1.807, 2.05) is 19.1 Å². The summed E-state index contributed by atoms with van der Waals surface area (Å²) in [6, 6.07) is 13.7. The number of likely N-dealkylation sites (tertiary alicyclic amines) is 1. The highest BCUT2D eigenvalue weighted by Crippen LogP contribution is 2.42. The molecule has 2 aliphatic heterocycles. The van der Waals surface area contributed by atoms with Crippen LogP contribution >= 0.6 is 0 Å². The Morgan fingerprint density at radius 1 is 1.29 bits per heavy atom. The van der Waals surface area contributed by atoms with Gasteiger partial charge in [0, 0.05) is 43.8 Å². The molecule has 1 N–H and O–H groups in total. The summed E-state index contributed by atoms with van der Waals surface area (Å²) >= 11 is 0. The van der Waals surface area contributed by atoms with Gasteiger partial charge >= 0.3 is 5.69 Å². The lowest BCUT2D eigenvalue weighted by molar-refractivity contribution is -0.386. The van der Waals surface area contributed by atoms with Gasteiger partial charge in [0.15, 0.2) is 5.75 Å². The van der Waals surface area contributed by atoms with Gasteiger partial charge in [0.1, 0.15) is 0 Å². The number of benzene rings is 2. The fourth-order valence-corrected chi connectivity index (χ4v) is 4.33. The normalized spacial score (nSPS) is 20.5. The summed E-state index contributed by atoms with van der Waals surface area (Å²) in [5.41, 5.74) is 6.34. The van der Waals surface area contributed by atoms with Gasteiger partial charge in [-0.05, 0) is 23.6 Å². The molecule has 1 fully saturated rings. The minimum absolute atomic E-state index is 0.0741. The standard InChI is InChI=1S/C23H28N4O4/c1-3-11-31-23-20(27(28)29)12-17(13-21(23)30-2)22-18-15-26(10-9-19(18)24-25-22)14-16-7-5-4-6-8-16/h4-8,12-13,18,22,25H,3,9-11,14-15H2,1-2H3. The van der Waals surface area contributed by atoms with Gasteiger partial charge < -0.3 is 14.9 Å². The van der Waals surface area contributed by atoms with Crippen molar-refractivity contribution in [2.24, 2.45) is 11.0 Å². The molecule has 8 heteroatoms. The number of rotatable bonds is 8. The smallest absolute Gasteiger partial charge is 0.315 e. The van der Waals surface area contributed by atoms with E-state index in [1.165, 1.54) is 12.7 Å². The molecule has 2 aromatic rings. The number of hydrogen-bond donors (Lipinski definition) is 1. The lowest BCUT2D eigenvalue weighted by Crippen LogP contribution is -2.41. The van der Waals surface area contributed by atoms with Crippen LogP contribution < -0.4 is 14.9 Å². The number of piperidine rings is 1. The van der Waals surface area contributed by atoms with E-state index >= 15 is 0 Å². The van der Waals surface area contributed by atoms with Crippen LogP contribution in [0.1, 0.15) is 36.9 Å². The molecule has 0 bridgehead atoms. The molecule has 0 saturated carbocycles. The fraction of sp³-hybridized carbons (Fsp3) is 0.435. The van der Waals surface area contributed by atoms with Crippen LogP contribution in [0.3, 0.4) is 0 Å². The zero-order valence-electron chi connectivity index (χ0n) is 17.9. The molecule has 2 aliphatic rings. The predicted octanol–water partition coefficient (Wildman–Crippen LogP) is 3.91. The summed E-state index contributed by atoms with van der Waals surface area (Å²) in [6.45, 7) is 5.02. The van der Waals surface area contributed by atoms with Crippen LogP contribution in [0.15, 0.2) is 47.6 Å². The van der Waals surface area contributed by atoms with Crippen molar-refractivity contribution >= 4 is 11.4 Å². The molecule has 2 atom stereocenters. The van der Waals surface area contributed by atoms with E-state index in [1.54, 1.807) is 6.07 Å². The van der Waals surface area contributed by atoms with Crippen molar-refractivity contribution in [3.8, 4) is 11.5 Å². The summed E-state index contributed by atoms with van der Waals surface area (Å²) in [5, 5.41) is 16.3. The predicted molar refractivity (Wildman–Crippen MR) is 119 cm³/mol. The van der Waals surface area contributed by atoms with Gasteiger partial charge in [0.05, 0.1) is 24.7 Å². The van der Waals surface area contributed by atoms with E-state index in [4.69, 9.17) is 9.47 Å². The van der Waals surface area contributed by atoms with E-state index in [0.29, 0.717) is 12.4 Å². The molecule has 164 valence electrons. The van der Waals surface area contributed by atoms with Crippen molar-refractivity contribution in [1.29, 1.82) is 0 Å². The highest BCUT2D eigenvalue weighted by atomic mass is 16.6. The average Bonchev–Trinajstić information content (AvgIpc) is 3.21. The van der Waals surface area contributed by atoms with Gasteiger partial charge in [-0.25, -0.2) is 0 Å². The summed E-state index contributed by atoms with van der Waals surface area (Å²) in [7, 11) is 1.51. The molecule has 0 amide bonds. The topological polar surface area (TPSA) is 89.2 Å². The second kappa shape index (κ2) is 9.34. The maximum Gasteiger partial charge on any atom is 0.315 e. The number of fused-ring (bicyclic) bond motifs is 1. The Morgan fingerprint density at radius 2 is 2.10 bits per heavy atom. The lowest BCUT2D eigenvalue weighted by atomic mass is 9.86. The zero-order valence-corrected chi connectivity index (χ0v) is 17.9. The minimum atomic E-state index is -0.406. The molecule has 8 nitrogen and oxygen atoms in total. The van der Waals surface area contributed by atoms with Crippen molar-refractivity contribution < 1.29 is 14.4 Å². The molecular weight excluding hydrogens is 396 g/mol. The highest BCUT2D eigenvalue weighted by molar-refractivity contribution is 5.90. The second-order valence-corrected chi connectivity index (χ2v) is 7.96. The van der Waals surface area contributed by atoms with E-state index < -0.39 is 4.92 Å². The van der Waals surface area contributed by atoms with Gasteiger partial charge in [-0.15, -0.1) is 0 Å². The third kappa shape index (κ3) is 4.49. The van der Waals surface area contributed by atoms with Crippen LogP contribution in [0.2, 0.25) is 0 Å². The SMILES string of the molecule is CCCOc1c(OC)cc(C2NN=C3CCN(Cc4ccccc4)CC32)cc1[N+](=O)[O-]. The Hall–Kier alpha value is -3.13. The fourth-order valence-electron chi connectivity index (χ4n) is 4.33. The Bertz CT molecular complexity index is 964. The van der Waals surface area contributed by atoms with E-state index in [0.717, 1.165) is 43.8 Å². The molecule has 0 aliphatic carbocycles. The van der Waals surface area contributed by atoms with Gasteiger partial charge in [-0.1, -0.05) is 37.3 Å². The molecule has 0 aromatic heterocycles. The van der Waals surface area contributed by atoms with Gasteiger partial charge in [-0.2, -0.15) is 5.10 Å². The number of nitro benzene ring substituents is 1. The first-order valence-corrected chi connectivity index (χ1v) is 10.7. The summed E-state index contributed by atoms with van der Waals surface area (Å²) in [6.07, 6.45) is 1.64. The molecule has 4 rings (SSSR count). The molecule has 2 unspecified atom stereocenters. The van der Waals surface area contributed by atoms with Crippen molar-refractivity contribution in [2.75, 3.05) is 26.8 Å². The molecular formula is C23H28N4O4. The second-order valence-electron chi connectivity index (χ2n) is 7.96. The van der Waals surface area contributed by atoms with Gasteiger partial charge in [0.25, 0.3) is 0 Å². The molecule has 0 spiro atoms. The number of methoxy groups -OCH3 is 1. The molecule has 2 aromatic carbocycles. The Kier molecular flexibility index (Phi) is 6.36. The van der Waals surface area contributed by atoms with Crippen molar-refractivity contribution in [3.05, 3.63) is 63.7 Å². The van der Waals surface area contributed by atoms with Crippen LogP contribution in [0.4, 0.5) is 5.69 Å². The number of hydrazone groups is 1. The Morgan fingerprint density at radius 3 is 2.81 bits per heavy atom. The minimum Gasteiger partial charge on any atom is -0.493 e. The average molecular weight is 425 g/mol. The summed E-state index contributed by atoms with van der Waals surface area (Å²) in [5.74, 6) is 0.723. The monoisotopic (exact) mass is 424 g/mol. The quantitative estimate of drug-likeness (QED) is 0.510. The first-order chi connectivity index (χ1) is 15.1. The third-order valence-electron chi connectivity index (χ3n) is 5.85. The first-order valence-electron chi connectivity index (χ1n) is 10.7. The number of nitro groups is 1. The third-order valence-corrected chi connectivity index (χ3v) is 5.85. The Balaban J connectivity index is 1.59. The lowest BCUT2D eigenvalue weighted by Gasteiger charge is -2.33. The largest absolute Gasteiger partial charge is 0.493 e. The molecule has 2 heterocycles. The van der Waals surface area contributed by atoms with E-state index in [2.05, 4.69) is 39.7 Å². The van der Waals surface area contributed by atoms with E-state index in [-0.39, 0.29) is 23.4 Å². The van der Waals surface area contributed by atoms with Crippen LogP contribution in [0.25, 0.3) is 0 Å². The number of nitrogens with one attached hydrogen (secondary N) is 1. The maximum atomic E-state index is 11.8. The van der Waals surface area contributed by atoms with E-state index in [9.17, 15) is 10.1 Å². The van der Waals surface area contributed by atoms with Crippen molar-refractivity contribution in [1.82, 2.24) is 10.3 Å². The molecule has 0 radical (unpaired) electrons. The molecule has 1 saturated heterocycles. The highest BCUT2D eigenvalue weighted by Gasteiger charge is 2.38. The van der Waals surface area contributed by atoms with Crippen molar-refractivity contribution in [3.63, 3.8) is 0 Å². The van der Waals surface area contributed by atoms with Crippen LogP contribution in [-0.2, 0) is 6.54 Å².